The van der Waals surface area contributed by atoms with E-state index in [-0.39, 0.29) is 5.41 Å². The SMILES string of the molecule is CCCNc1nc(C)nc2c1CCC21CCN(c2ncnc3nc[nH]c23)CC1. The number of hydrogen-bond donors (Lipinski definition) is 2. The summed E-state index contributed by atoms with van der Waals surface area (Å²) in [5.41, 5.74) is 4.45. The van der Waals surface area contributed by atoms with Gasteiger partial charge in [0.15, 0.2) is 11.5 Å². The highest BCUT2D eigenvalue weighted by molar-refractivity contribution is 5.82. The minimum absolute atomic E-state index is 0.169. The van der Waals surface area contributed by atoms with E-state index in [4.69, 9.17) is 9.97 Å². The van der Waals surface area contributed by atoms with E-state index >= 15 is 0 Å². The highest BCUT2D eigenvalue weighted by Gasteiger charge is 2.44. The number of piperidine rings is 1. The van der Waals surface area contributed by atoms with Crippen LogP contribution in [0.25, 0.3) is 11.2 Å². The summed E-state index contributed by atoms with van der Waals surface area (Å²) in [6, 6.07) is 0. The predicted molar refractivity (Wildman–Crippen MR) is 109 cm³/mol. The van der Waals surface area contributed by atoms with Crippen molar-refractivity contribution >= 4 is 22.8 Å². The molecule has 2 N–H and O–H groups in total. The van der Waals surface area contributed by atoms with Crippen molar-refractivity contribution in [2.75, 3.05) is 29.9 Å². The Morgan fingerprint density at radius 3 is 2.82 bits per heavy atom. The molecule has 0 aromatic carbocycles. The lowest BCUT2D eigenvalue weighted by atomic mass is 9.76. The summed E-state index contributed by atoms with van der Waals surface area (Å²) >= 11 is 0. The lowest BCUT2D eigenvalue weighted by Crippen LogP contribution is -2.42. The van der Waals surface area contributed by atoms with E-state index in [2.05, 4.69) is 37.1 Å². The zero-order chi connectivity index (χ0) is 19.1. The fourth-order valence-electron chi connectivity index (χ4n) is 4.77. The molecule has 3 aromatic rings. The number of imidazole rings is 1. The molecule has 1 aliphatic carbocycles. The number of nitrogens with one attached hydrogen (secondary N) is 2. The number of nitrogens with zero attached hydrogens (tertiary/aromatic N) is 6. The number of H-pyrrole nitrogens is 1. The predicted octanol–water partition coefficient (Wildman–Crippen LogP) is 2.76. The average Bonchev–Trinajstić information content (AvgIpc) is 3.32. The average molecular weight is 378 g/mol. The Bertz CT molecular complexity index is 1000. The monoisotopic (exact) mass is 378 g/mol. The van der Waals surface area contributed by atoms with Gasteiger partial charge in [0.25, 0.3) is 0 Å². The quantitative estimate of drug-likeness (QED) is 0.721. The summed E-state index contributed by atoms with van der Waals surface area (Å²) in [5, 5.41) is 3.52. The van der Waals surface area contributed by atoms with Crippen LogP contribution in [0.1, 0.15) is 49.7 Å². The van der Waals surface area contributed by atoms with Crippen molar-refractivity contribution in [1.29, 1.82) is 0 Å². The number of aryl methyl sites for hydroxylation is 1. The fourth-order valence-corrected chi connectivity index (χ4v) is 4.77. The molecule has 28 heavy (non-hydrogen) atoms. The first-order valence-corrected chi connectivity index (χ1v) is 10.2. The van der Waals surface area contributed by atoms with Crippen LogP contribution in [0, 0.1) is 6.92 Å². The second kappa shape index (κ2) is 6.68. The molecule has 1 aliphatic heterocycles. The standard InChI is InChI=1S/C20H26N8/c1-3-8-21-17-14-4-5-20(16(14)26-13(2)27-17)6-9-28(10-7-20)19-15-18(23-11-22-15)24-12-25-19/h11-12H,3-10H2,1-2H3,(H,21,26,27)(H,22,23,24,25). The van der Waals surface area contributed by atoms with Crippen LogP contribution in [0.3, 0.4) is 0 Å². The van der Waals surface area contributed by atoms with Crippen LogP contribution in [0.4, 0.5) is 11.6 Å². The van der Waals surface area contributed by atoms with Crippen LogP contribution in [-0.4, -0.2) is 49.5 Å². The highest BCUT2D eigenvalue weighted by Crippen LogP contribution is 2.47. The van der Waals surface area contributed by atoms with Crippen molar-refractivity contribution < 1.29 is 0 Å². The van der Waals surface area contributed by atoms with Crippen LogP contribution in [-0.2, 0) is 11.8 Å². The Hall–Kier alpha value is -2.77. The third kappa shape index (κ3) is 2.70. The first-order chi connectivity index (χ1) is 13.7. The molecule has 1 fully saturated rings. The van der Waals surface area contributed by atoms with Gasteiger partial charge in [0.05, 0.1) is 12.0 Å². The van der Waals surface area contributed by atoms with Crippen LogP contribution >= 0.6 is 0 Å². The van der Waals surface area contributed by atoms with Crippen LogP contribution in [0.15, 0.2) is 12.7 Å². The molecule has 0 radical (unpaired) electrons. The van der Waals surface area contributed by atoms with Gasteiger partial charge < -0.3 is 15.2 Å². The van der Waals surface area contributed by atoms with E-state index in [0.29, 0.717) is 0 Å². The molecular weight excluding hydrogens is 352 g/mol. The van der Waals surface area contributed by atoms with Gasteiger partial charge in [-0.05, 0) is 39.0 Å². The second-order valence-electron chi connectivity index (χ2n) is 7.94. The number of fused-ring (bicyclic) bond motifs is 3. The van der Waals surface area contributed by atoms with Gasteiger partial charge in [-0.3, -0.25) is 0 Å². The van der Waals surface area contributed by atoms with E-state index in [1.54, 1.807) is 12.7 Å². The summed E-state index contributed by atoms with van der Waals surface area (Å²) in [7, 11) is 0. The third-order valence-corrected chi connectivity index (χ3v) is 6.24. The van der Waals surface area contributed by atoms with Crippen molar-refractivity contribution in [2.24, 2.45) is 0 Å². The molecule has 3 aromatic heterocycles. The first-order valence-electron chi connectivity index (χ1n) is 10.2. The van der Waals surface area contributed by atoms with Crippen LogP contribution in [0.5, 0.6) is 0 Å². The molecule has 1 saturated heterocycles. The number of aromatic amines is 1. The maximum absolute atomic E-state index is 4.93. The van der Waals surface area contributed by atoms with Crippen molar-refractivity contribution in [3.8, 4) is 0 Å². The smallest absolute Gasteiger partial charge is 0.182 e. The fraction of sp³-hybridized carbons (Fsp3) is 0.550. The Morgan fingerprint density at radius 2 is 2.00 bits per heavy atom. The molecule has 5 rings (SSSR count). The molecule has 8 nitrogen and oxygen atoms in total. The highest BCUT2D eigenvalue weighted by atomic mass is 15.2. The van der Waals surface area contributed by atoms with E-state index in [9.17, 15) is 0 Å². The Labute approximate surface area is 164 Å². The number of rotatable bonds is 4. The van der Waals surface area contributed by atoms with E-state index in [1.165, 1.54) is 17.7 Å². The van der Waals surface area contributed by atoms with Gasteiger partial charge in [-0.15, -0.1) is 0 Å². The third-order valence-electron chi connectivity index (χ3n) is 6.24. The van der Waals surface area contributed by atoms with Crippen molar-refractivity contribution in [3.63, 3.8) is 0 Å². The minimum atomic E-state index is 0.169. The van der Waals surface area contributed by atoms with E-state index in [1.807, 2.05) is 6.92 Å². The lowest BCUT2D eigenvalue weighted by Gasteiger charge is -2.40. The summed E-state index contributed by atoms with van der Waals surface area (Å²) in [6.45, 7) is 7.07. The van der Waals surface area contributed by atoms with E-state index in [0.717, 1.165) is 73.9 Å². The maximum Gasteiger partial charge on any atom is 0.182 e. The second-order valence-corrected chi connectivity index (χ2v) is 7.94. The lowest BCUT2D eigenvalue weighted by molar-refractivity contribution is 0.322. The summed E-state index contributed by atoms with van der Waals surface area (Å²) in [5.74, 6) is 2.88. The molecule has 8 heteroatoms. The molecule has 2 aliphatic rings. The molecule has 146 valence electrons. The maximum atomic E-state index is 4.93. The van der Waals surface area contributed by atoms with Crippen LogP contribution in [0.2, 0.25) is 0 Å². The summed E-state index contributed by atoms with van der Waals surface area (Å²) in [6.07, 6.45) is 8.80. The zero-order valence-corrected chi connectivity index (χ0v) is 16.5. The summed E-state index contributed by atoms with van der Waals surface area (Å²) in [4.78, 5) is 28.2. The molecule has 4 heterocycles. The zero-order valence-electron chi connectivity index (χ0n) is 16.5. The Morgan fingerprint density at radius 1 is 1.14 bits per heavy atom. The molecule has 0 unspecified atom stereocenters. The first kappa shape index (κ1) is 17.3. The normalized spacial score (nSPS) is 18.0. The Kier molecular flexibility index (Phi) is 4.14. The molecule has 0 bridgehead atoms. The van der Waals surface area contributed by atoms with Gasteiger partial charge in [-0.1, -0.05) is 6.92 Å². The van der Waals surface area contributed by atoms with Crippen molar-refractivity contribution in [2.45, 2.75) is 51.4 Å². The van der Waals surface area contributed by atoms with Crippen molar-refractivity contribution in [1.82, 2.24) is 29.9 Å². The van der Waals surface area contributed by atoms with E-state index < -0.39 is 0 Å². The van der Waals surface area contributed by atoms with Gasteiger partial charge in [0.2, 0.25) is 0 Å². The van der Waals surface area contributed by atoms with Crippen LogP contribution < -0.4 is 10.2 Å². The molecule has 0 saturated carbocycles. The van der Waals surface area contributed by atoms with Gasteiger partial charge in [-0.2, -0.15) is 0 Å². The number of hydrogen-bond acceptors (Lipinski definition) is 7. The minimum Gasteiger partial charge on any atom is -0.370 e. The Balaban J connectivity index is 1.42. The molecular formula is C20H26N8. The van der Waals surface area contributed by atoms with Gasteiger partial charge in [0.1, 0.15) is 23.5 Å². The molecule has 1 spiro atoms. The molecule has 0 amide bonds. The molecule has 0 atom stereocenters. The van der Waals surface area contributed by atoms with Gasteiger partial charge in [0, 0.05) is 30.6 Å². The largest absolute Gasteiger partial charge is 0.370 e. The van der Waals surface area contributed by atoms with Gasteiger partial charge >= 0.3 is 0 Å². The van der Waals surface area contributed by atoms with Crippen molar-refractivity contribution in [3.05, 3.63) is 29.7 Å². The summed E-state index contributed by atoms with van der Waals surface area (Å²) < 4.78 is 0. The van der Waals surface area contributed by atoms with Gasteiger partial charge in [-0.25, -0.2) is 24.9 Å². The number of aromatic nitrogens is 6. The number of anilines is 2. The topological polar surface area (TPSA) is 95.5 Å².